The van der Waals surface area contributed by atoms with E-state index in [0.717, 1.165) is 10.1 Å². The predicted octanol–water partition coefficient (Wildman–Crippen LogP) is 0.817. The minimum Gasteiger partial charge on any atom is -0.423 e. The third kappa shape index (κ3) is 1.38. The van der Waals surface area contributed by atoms with Gasteiger partial charge in [0.15, 0.2) is 0 Å². The van der Waals surface area contributed by atoms with E-state index in [4.69, 9.17) is 27.4 Å². The maximum atomic E-state index is 9.08. The van der Waals surface area contributed by atoms with Gasteiger partial charge in [0.05, 0.1) is 0 Å². The lowest BCUT2D eigenvalue weighted by atomic mass is 9.78. The molecule has 1 aromatic carbocycles. The van der Waals surface area contributed by atoms with Crippen LogP contribution in [-0.2, 0) is 0 Å². The summed E-state index contributed by atoms with van der Waals surface area (Å²) in [6.07, 6.45) is 0. The van der Waals surface area contributed by atoms with Crippen LogP contribution < -0.4 is 11.2 Å². The van der Waals surface area contributed by atoms with Gasteiger partial charge in [0.2, 0.25) is 0 Å². The molecule has 4 N–H and O–H groups in total. The molecule has 0 atom stereocenters. The van der Waals surface area contributed by atoms with Crippen molar-refractivity contribution in [2.45, 2.75) is 0 Å². The lowest BCUT2D eigenvalue weighted by Gasteiger charge is -2.07. The highest BCUT2D eigenvalue weighted by atomic mass is 35.5. The molecule has 0 saturated heterocycles. The fourth-order valence-corrected chi connectivity index (χ4v) is 2.60. The van der Waals surface area contributed by atoms with Crippen molar-refractivity contribution in [2.75, 3.05) is 5.73 Å². The third-order valence-electron chi connectivity index (χ3n) is 2.05. The lowest BCUT2D eigenvalue weighted by Crippen LogP contribution is -2.33. The predicted molar refractivity (Wildman–Crippen MR) is 61.1 cm³/mol. The Balaban J connectivity index is 2.82. The Morgan fingerprint density at radius 3 is 2.79 bits per heavy atom. The molecule has 0 aliphatic heterocycles. The molecule has 0 amide bonds. The van der Waals surface area contributed by atoms with Gasteiger partial charge in [-0.25, -0.2) is 0 Å². The molecule has 0 radical (unpaired) electrons. The fraction of sp³-hybridized carbons (Fsp3) is 0. The van der Waals surface area contributed by atoms with Crippen molar-refractivity contribution in [3.05, 3.63) is 22.5 Å². The van der Waals surface area contributed by atoms with Gasteiger partial charge in [0.25, 0.3) is 0 Å². The zero-order valence-electron chi connectivity index (χ0n) is 7.07. The normalized spacial score (nSPS) is 10.8. The quantitative estimate of drug-likeness (QED) is 0.499. The van der Waals surface area contributed by atoms with E-state index in [1.54, 1.807) is 6.07 Å². The molecule has 6 heteroatoms. The van der Waals surface area contributed by atoms with E-state index in [0.29, 0.717) is 5.69 Å². The molecule has 1 heterocycles. The molecule has 1 aromatic heterocycles. The van der Waals surface area contributed by atoms with Crippen LogP contribution in [0.25, 0.3) is 10.1 Å². The van der Waals surface area contributed by atoms with E-state index in [1.165, 1.54) is 11.3 Å². The first-order chi connectivity index (χ1) is 6.61. The molecule has 3 nitrogen and oxygen atoms in total. The maximum Gasteiger partial charge on any atom is 0.492 e. The second-order valence-electron chi connectivity index (χ2n) is 2.89. The maximum absolute atomic E-state index is 9.08. The van der Waals surface area contributed by atoms with Gasteiger partial charge in [0, 0.05) is 26.3 Å². The van der Waals surface area contributed by atoms with E-state index < -0.39 is 7.12 Å². The highest BCUT2D eigenvalue weighted by Gasteiger charge is 2.21. The van der Waals surface area contributed by atoms with Gasteiger partial charge in [-0.2, -0.15) is 0 Å². The summed E-state index contributed by atoms with van der Waals surface area (Å²) in [4.78, 5) is 0. The van der Waals surface area contributed by atoms with E-state index in [1.807, 2.05) is 11.4 Å². The number of fused-ring (bicyclic) bond motifs is 1. The third-order valence-corrected chi connectivity index (χ3v) is 3.23. The lowest BCUT2D eigenvalue weighted by molar-refractivity contribution is 0.426. The molecule has 0 spiro atoms. The average Bonchev–Trinajstić information content (AvgIpc) is 2.50. The van der Waals surface area contributed by atoms with Crippen molar-refractivity contribution in [2.24, 2.45) is 0 Å². The molecule has 0 fully saturated rings. The van der Waals surface area contributed by atoms with Crippen LogP contribution in [0.4, 0.5) is 5.69 Å². The molecule has 0 aliphatic rings. The first-order valence-electron chi connectivity index (χ1n) is 3.92. The number of thiophene rings is 1. The minimum absolute atomic E-state index is 0.178. The smallest absolute Gasteiger partial charge is 0.423 e. The Bertz CT molecular complexity index is 485. The van der Waals surface area contributed by atoms with E-state index >= 15 is 0 Å². The summed E-state index contributed by atoms with van der Waals surface area (Å²) in [6.45, 7) is 0. The Kier molecular flexibility index (Phi) is 2.40. The van der Waals surface area contributed by atoms with E-state index in [2.05, 4.69) is 0 Å². The first-order valence-corrected chi connectivity index (χ1v) is 5.18. The van der Waals surface area contributed by atoms with Crippen LogP contribution >= 0.6 is 22.9 Å². The summed E-state index contributed by atoms with van der Waals surface area (Å²) >= 11 is 7.38. The van der Waals surface area contributed by atoms with Gasteiger partial charge in [-0.3, -0.25) is 0 Å². The van der Waals surface area contributed by atoms with Gasteiger partial charge in [-0.15, -0.1) is 11.3 Å². The fourth-order valence-electron chi connectivity index (χ4n) is 1.38. The van der Waals surface area contributed by atoms with Crippen LogP contribution in [0.2, 0.25) is 5.02 Å². The van der Waals surface area contributed by atoms with Crippen molar-refractivity contribution < 1.29 is 10.0 Å². The summed E-state index contributed by atoms with van der Waals surface area (Å²) in [7, 11) is -1.63. The summed E-state index contributed by atoms with van der Waals surface area (Å²) < 4.78 is 0.942. The van der Waals surface area contributed by atoms with Crippen molar-refractivity contribution in [1.29, 1.82) is 0 Å². The first kappa shape index (κ1) is 9.80. The topological polar surface area (TPSA) is 66.5 Å². The molecule has 14 heavy (non-hydrogen) atoms. The summed E-state index contributed by atoms with van der Waals surface area (Å²) in [5, 5.41) is 21.1. The van der Waals surface area contributed by atoms with Crippen LogP contribution in [0.1, 0.15) is 0 Å². The molecule has 2 aromatic rings. The van der Waals surface area contributed by atoms with Crippen LogP contribution in [-0.4, -0.2) is 17.2 Å². The Labute approximate surface area is 89.9 Å². The van der Waals surface area contributed by atoms with E-state index in [9.17, 15) is 0 Å². The number of hydrogen-bond donors (Lipinski definition) is 3. The SMILES string of the molecule is Nc1c(B(O)O)c(Cl)cc2sccc12. The molecular formula is C8H7BClNO2S. The number of anilines is 1. The van der Waals surface area contributed by atoms with Gasteiger partial charge in [-0.1, -0.05) is 11.6 Å². The highest BCUT2D eigenvalue weighted by Crippen LogP contribution is 2.28. The average molecular weight is 227 g/mol. The molecule has 0 saturated carbocycles. The van der Waals surface area contributed by atoms with E-state index in [-0.39, 0.29) is 10.5 Å². The minimum atomic E-state index is -1.63. The van der Waals surface area contributed by atoms with Gasteiger partial charge >= 0.3 is 7.12 Å². The number of nitrogen functional groups attached to an aromatic ring is 1. The zero-order chi connectivity index (χ0) is 10.3. The van der Waals surface area contributed by atoms with Crippen LogP contribution in [0.15, 0.2) is 17.5 Å². The Morgan fingerprint density at radius 1 is 1.43 bits per heavy atom. The van der Waals surface area contributed by atoms with Crippen LogP contribution in [0, 0.1) is 0 Å². The molecule has 0 unspecified atom stereocenters. The zero-order valence-corrected chi connectivity index (χ0v) is 8.64. The number of rotatable bonds is 1. The summed E-state index contributed by atoms with van der Waals surface area (Å²) in [5.41, 5.74) is 6.28. The summed E-state index contributed by atoms with van der Waals surface area (Å²) in [6, 6.07) is 3.52. The number of halogens is 1. The van der Waals surface area contributed by atoms with Crippen molar-refractivity contribution in [3.63, 3.8) is 0 Å². The Hall–Kier alpha value is -0.745. The highest BCUT2D eigenvalue weighted by molar-refractivity contribution is 7.17. The van der Waals surface area contributed by atoms with Gasteiger partial charge in [0.1, 0.15) is 0 Å². The number of benzene rings is 1. The van der Waals surface area contributed by atoms with Gasteiger partial charge in [-0.05, 0) is 17.5 Å². The second kappa shape index (κ2) is 3.44. The van der Waals surface area contributed by atoms with Gasteiger partial charge < -0.3 is 15.8 Å². The molecule has 0 aliphatic carbocycles. The van der Waals surface area contributed by atoms with Crippen molar-refractivity contribution in [1.82, 2.24) is 0 Å². The molecule has 72 valence electrons. The number of hydrogen-bond acceptors (Lipinski definition) is 4. The molecule has 2 rings (SSSR count). The van der Waals surface area contributed by atoms with Crippen molar-refractivity contribution >= 4 is 51.3 Å². The molecule has 0 bridgehead atoms. The van der Waals surface area contributed by atoms with Crippen molar-refractivity contribution in [3.8, 4) is 0 Å². The summed E-state index contributed by atoms with van der Waals surface area (Å²) in [5.74, 6) is 0. The van der Waals surface area contributed by atoms with Crippen LogP contribution in [0.3, 0.4) is 0 Å². The largest absolute Gasteiger partial charge is 0.492 e. The monoisotopic (exact) mass is 227 g/mol. The van der Waals surface area contributed by atoms with Crippen LogP contribution in [0.5, 0.6) is 0 Å². The Morgan fingerprint density at radius 2 is 2.14 bits per heavy atom. The second-order valence-corrected chi connectivity index (χ2v) is 4.25. The molecular weight excluding hydrogens is 220 g/mol. The number of nitrogens with two attached hydrogens (primary N) is 1. The standard InChI is InChI=1S/C8H7BClNO2S/c10-5-3-6-4(1-2-14-6)8(11)7(5)9(12)13/h1-3,12-13H,11H2.